The van der Waals surface area contributed by atoms with E-state index in [0.717, 1.165) is 37.0 Å². The maximum absolute atomic E-state index is 12.7. The van der Waals surface area contributed by atoms with E-state index in [0.29, 0.717) is 6.42 Å². The number of urea groups is 2. The SMILES string of the molecule is C[C@H]1CCCC[C@]12NC(=O)N(CC(=O)OCC(=O)NC(=O)NC1CC1)C2=O. The van der Waals surface area contributed by atoms with E-state index in [-0.39, 0.29) is 12.0 Å². The summed E-state index contributed by atoms with van der Waals surface area (Å²) in [5.41, 5.74) is -0.951. The molecule has 27 heavy (non-hydrogen) atoms. The van der Waals surface area contributed by atoms with E-state index in [1.54, 1.807) is 0 Å². The molecule has 2 saturated carbocycles. The Hall–Kier alpha value is -2.65. The summed E-state index contributed by atoms with van der Waals surface area (Å²) in [7, 11) is 0. The van der Waals surface area contributed by atoms with Crippen molar-refractivity contribution in [3.8, 4) is 0 Å². The van der Waals surface area contributed by atoms with Crippen LogP contribution in [0.5, 0.6) is 0 Å². The topological polar surface area (TPSA) is 134 Å². The highest BCUT2D eigenvalue weighted by atomic mass is 16.5. The number of hydrogen-bond donors (Lipinski definition) is 3. The standard InChI is InChI=1S/C17H24N4O6/c1-10-4-2-3-7-17(10)14(24)21(16(26)20-17)8-13(23)27-9-12(22)19-15(25)18-11-5-6-11/h10-11H,2-9H2,1H3,(H,20,26)(H2,18,19,22,25)/t10-,17-/m0/s1. The van der Waals surface area contributed by atoms with Crippen molar-refractivity contribution in [2.75, 3.05) is 13.2 Å². The number of ether oxygens (including phenoxy) is 1. The summed E-state index contributed by atoms with van der Waals surface area (Å²) >= 11 is 0. The quantitative estimate of drug-likeness (QED) is 0.455. The van der Waals surface area contributed by atoms with Crippen LogP contribution >= 0.6 is 0 Å². The van der Waals surface area contributed by atoms with E-state index in [4.69, 9.17) is 4.74 Å². The van der Waals surface area contributed by atoms with Crippen LogP contribution < -0.4 is 16.0 Å². The summed E-state index contributed by atoms with van der Waals surface area (Å²) in [5, 5.41) is 7.34. The van der Waals surface area contributed by atoms with E-state index in [2.05, 4.69) is 10.6 Å². The third-order valence-electron chi connectivity index (χ3n) is 5.32. The van der Waals surface area contributed by atoms with Gasteiger partial charge in [0.15, 0.2) is 6.61 Å². The molecule has 10 nitrogen and oxygen atoms in total. The normalized spacial score (nSPS) is 27.3. The van der Waals surface area contributed by atoms with Crippen LogP contribution in [-0.2, 0) is 19.1 Å². The lowest BCUT2D eigenvalue weighted by Gasteiger charge is -2.36. The first-order chi connectivity index (χ1) is 12.8. The molecule has 3 rings (SSSR count). The van der Waals surface area contributed by atoms with Gasteiger partial charge in [-0.3, -0.25) is 24.6 Å². The zero-order valence-corrected chi connectivity index (χ0v) is 15.2. The third kappa shape index (κ3) is 4.20. The van der Waals surface area contributed by atoms with Crippen LogP contribution in [-0.4, -0.2) is 59.5 Å². The number of nitrogens with zero attached hydrogens (tertiary/aromatic N) is 1. The van der Waals surface area contributed by atoms with Crippen LogP contribution in [0.25, 0.3) is 0 Å². The smallest absolute Gasteiger partial charge is 0.326 e. The molecule has 1 saturated heterocycles. The summed E-state index contributed by atoms with van der Waals surface area (Å²) in [6, 6.07) is -1.17. The highest BCUT2D eigenvalue weighted by Gasteiger charge is 2.55. The van der Waals surface area contributed by atoms with Gasteiger partial charge in [-0.2, -0.15) is 0 Å². The molecule has 0 bridgehead atoms. The van der Waals surface area contributed by atoms with Gasteiger partial charge in [-0.15, -0.1) is 0 Å². The van der Waals surface area contributed by atoms with E-state index < -0.39 is 48.5 Å². The van der Waals surface area contributed by atoms with Gasteiger partial charge in [-0.05, 0) is 31.6 Å². The minimum Gasteiger partial charge on any atom is -0.454 e. The highest BCUT2D eigenvalue weighted by Crippen LogP contribution is 2.38. The minimum atomic E-state index is -0.951. The molecule has 0 aromatic rings. The van der Waals surface area contributed by atoms with Crippen molar-refractivity contribution in [3.05, 3.63) is 0 Å². The van der Waals surface area contributed by atoms with Crippen molar-refractivity contribution in [1.82, 2.24) is 20.9 Å². The average molecular weight is 380 g/mol. The summed E-state index contributed by atoms with van der Waals surface area (Å²) < 4.78 is 4.78. The number of nitrogens with one attached hydrogen (secondary N) is 3. The number of hydrogen-bond acceptors (Lipinski definition) is 6. The lowest BCUT2D eigenvalue weighted by molar-refractivity contribution is -0.151. The van der Waals surface area contributed by atoms with Crippen molar-refractivity contribution < 1.29 is 28.7 Å². The lowest BCUT2D eigenvalue weighted by atomic mass is 9.73. The van der Waals surface area contributed by atoms with Gasteiger partial charge < -0.3 is 15.4 Å². The Balaban J connectivity index is 1.47. The van der Waals surface area contributed by atoms with Crippen LogP contribution in [0.15, 0.2) is 0 Å². The first kappa shape index (κ1) is 19.1. The van der Waals surface area contributed by atoms with Gasteiger partial charge >= 0.3 is 18.0 Å². The van der Waals surface area contributed by atoms with Gasteiger partial charge in [-0.25, -0.2) is 9.59 Å². The molecule has 2 atom stereocenters. The second-order valence-corrected chi connectivity index (χ2v) is 7.40. The molecule has 1 spiro atoms. The van der Waals surface area contributed by atoms with Gasteiger partial charge in [0.2, 0.25) is 0 Å². The van der Waals surface area contributed by atoms with Crippen molar-refractivity contribution in [3.63, 3.8) is 0 Å². The Morgan fingerprint density at radius 1 is 1.22 bits per heavy atom. The van der Waals surface area contributed by atoms with Gasteiger partial charge in [0, 0.05) is 6.04 Å². The Kier molecular flexibility index (Phi) is 5.33. The maximum Gasteiger partial charge on any atom is 0.326 e. The molecule has 3 aliphatic rings. The molecule has 0 aromatic carbocycles. The molecule has 3 N–H and O–H groups in total. The first-order valence-electron chi connectivity index (χ1n) is 9.22. The molecule has 6 amide bonds. The predicted molar refractivity (Wildman–Crippen MR) is 91.3 cm³/mol. The second-order valence-electron chi connectivity index (χ2n) is 7.40. The van der Waals surface area contributed by atoms with Crippen LogP contribution in [0.2, 0.25) is 0 Å². The molecule has 1 heterocycles. The van der Waals surface area contributed by atoms with Gasteiger partial charge in [-0.1, -0.05) is 19.8 Å². The zero-order valence-electron chi connectivity index (χ0n) is 15.2. The van der Waals surface area contributed by atoms with E-state index in [9.17, 15) is 24.0 Å². The Morgan fingerprint density at radius 2 is 1.96 bits per heavy atom. The Bertz CT molecular complexity index is 676. The predicted octanol–water partition coefficient (Wildman–Crippen LogP) is 0.0185. The molecule has 0 aromatic heterocycles. The Labute approximate surface area is 156 Å². The fraction of sp³-hybridized carbons (Fsp3) is 0.706. The first-order valence-corrected chi connectivity index (χ1v) is 9.22. The monoisotopic (exact) mass is 380 g/mol. The van der Waals surface area contributed by atoms with Gasteiger partial charge in [0.05, 0.1) is 0 Å². The summed E-state index contributed by atoms with van der Waals surface area (Å²) in [5.74, 6) is -2.11. The molecule has 3 fully saturated rings. The molecular formula is C17H24N4O6. The van der Waals surface area contributed by atoms with Crippen LogP contribution in [0.3, 0.4) is 0 Å². The van der Waals surface area contributed by atoms with E-state index >= 15 is 0 Å². The molecule has 2 aliphatic carbocycles. The number of imide groups is 2. The van der Waals surface area contributed by atoms with Crippen molar-refractivity contribution in [1.29, 1.82) is 0 Å². The molecule has 0 unspecified atom stereocenters. The average Bonchev–Trinajstić information content (AvgIpc) is 3.39. The summed E-state index contributed by atoms with van der Waals surface area (Å²) in [4.78, 5) is 60.7. The van der Waals surface area contributed by atoms with E-state index in [1.165, 1.54) is 0 Å². The van der Waals surface area contributed by atoms with Crippen molar-refractivity contribution in [2.45, 2.75) is 57.0 Å². The Morgan fingerprint density at radius 3 is 2.63 bits per heavy atom. The second kappa shape index (κ2) is 7.53. The van der Waals surface area contributed by atoms with Crippen LogP contribution in [0, 0.1) is 5.92 Å². The van der Waals surface area contributed by atoms with Crippen molar-refractivity contribution >= 4 is 29.8 Å². The number of esters is 1. The number of amides is 6. The molecule has 148 valence electrons. The third-order valence-corrected chi connectivity index (χ3v) is 5.32. The molecule has 0 radical (unpaired) electrons. The van der Waals surface area contributed by atoms with Crippen molar-refractivity contribution in [2.24, 2.45) is 5.92 Å². The summed E-state index contributed by atoms with van der Waals surface area (Å²) in [6.45, 7) is 0.680. The largest absolute Gasteiger partial charge is 0.454 e. The highest BCUT2D eigenvalue weighted by molar-refractivity contribution is 6.09. The minimum absolute atomic E-state index is 0.0144. The van der Waals surface area contributed by atoms with Gasteiger partial charge in [0.1, 0.15) is 12.1 Å². The number of rotatable bonds is 5. The molecule has 1 aliphatic heterocycles. The van der Waals surface area contributed by atoms with Crippen LogP contribution in [0.1, 0.15) is 45.4 Å². The van der Waals surface area contributed by atoms with E-state index in [1.807, 2.05) is 12.2 Å². The summed E-state index contributed by atoms with van der Waals surface area (Å²) in [6.07, 6.45) is 4.96. The lowest BCUT2D eigenvalue weighted by Crippen LogP contribution is -2.54. The fourth-order valence-corrected chi connectivity index (χ4v) is 3.57. The number of carbonyl (C=O) groups is 5. The number of carbonyl (C=O) groups excluding carboxylic acids is 5. The van der Waals surface area contributed by atoms with Crippen LogP contribution in [0.4, 0.5) is 9.59 Å². The fourth-order valence-electron chi connectivity index (χ4n) is 3.57. The molecule has 10 heteroatoms. The molecular weight excluding hydrogens is 356 g/mol. The zero-order chi connectivity index (χ0) is 19.6. The maximum atomic E-state index is 12.7. The van der Waals surface area contributed by atoms with Gasteiger partial charge in [0.25, 0.3) is 11.8 Å².